The van der Waals surface area contributed by atoms with Gasteiger partial charge in [0.1, 0.15) is 17.1 Å². The standard InChI is InChI=1S/C19H20FN3O2S/c1-11-9-14(20)16(21-10-11)18(23-5-7-25-8-6-23)13-3-4-15-17(19(13)24)22-12(2)26-15/h3-4,9-10,18,24H,5-8H2,1-2H3. The molecular weight excluding hydrogens is 353 g/mol. The van der Waals surface area contributed by atoms with Crippen LogP contribution in [0.1, 0.15) is 27.9 Å². The second-order valence-electron chi connectivity index (χ2n) is 6.51. The summed E-state index contributed by atoms with van der Waals surface area (Å²) >= 11 is 1.53. The average molecular weight is 373 g/mol. The minimum absolute atomic E-state index is 0.102. The number of halogens is 1. The molecule has 7 heteroatoms. The van der Waals surface area contributed by atoms with Gasteiger partial charge in [0.25, 0.3) is 0 Å². The van der Waals surface area contributed by atoms with Gasteiger partial charge in [-0.2, -0.15) is 0 Å². The van der Waals surface area contributed by atoms with Crippen molar-refractivity contribution in [1.29, 1.82) is 0 Å². The molecule has 1 aromatic carbocycles. The lowest BCUT2D eigenvalue weighted by atomic mass is 9.98. The summed E-state index contributed by atoms with van der Waals surface area (Å²) in [4.78, 5) is 10.9. The lowest BCUT2D eigenvalue weighted by molar-refractivity contribution is 0.0222. The molecule has 1 unspecified atom stereocenters. The molecule has 26 heavy (non-hydrogen) atoms. The van der Waals surface area contributed by atoms with Gasteiger partial charge in [0.15, 0.2) is 0 Å². The van der Waals surface area contributed by atoms with Crippen LogP contribution in [-0.4, -0.2) is 46.3 Å². The third kappa shape index (κ3) is 3.06. The SMILES string of the molecule is Cc1cnc(C(c2ccc3sc(C)nc3c2O)N2CCOCC2)c(F)c1. The van der Waals surface area contributed by atoms with Crippen LogP contribution in [-0.2, 0) is 4.74 Å². The highest BCUT2D eigenvalue weighted by Gasteiger charge is 2.31. The summed E-state index contributed by atoms with van der Waals surface area (Å²) in [7, 11) is 0. The zero-order valence-corrected chi connectivity index (χ0v) is 15.5. The Hall–Kier alpha value is -2.09. The van der Waals surface area contributed by atoms with Crippen molar-refractivity contribution in [2.24, 2.45) is 0 Å². The zero-order valence-electron chi connectivity index (χ0n) is 14.7. The van der Waals surface area contributed by atoms with Gasteiger partial charge >= 0.3 is 0 Å². The Morgan fingerprint density at radius 3 is 2.77 bits per heavy atom. The van der Waals surface area contributed by atoms with E-state index in [9.17, 15) is 9.50 Å². The number of phenolic OH excluding ortho intramolecular Hbond substituents is 1. The number of pyridine rings is 1. The Morgan fingerprint density at radius 1 is 1.27 bits per heavy atom. The molecule has 0 bridgehead atoms. The van der Waals surface area contributed by atoms with Crippen molar-refractivity contribution in [3.05, 3.63) is 52.0 Å². The predicted octanol–water partition coefficient (Wildman–Crippen LogP) is 3.57. The number of fused-ring (bicyclic) bond motifs is 1. The van der Waals surface area contributed by atoms with E-state index in [1.165, 1.54) is 17.4 Å². The third-order valence-corrected chi connectivity index (χ3v) is 5.58. The summed E-state index contributed by atoms with van der Waals surface area (Å²) in [5.74, 6) is -0.263. The molecule has 3 aromatic rings. The highest BCUT2D eigenvalue weighted by Crippen LogP contribution is 2.40. The molecule has 0 aliphatic carbocycles. The molecule has 2 aromatic heterocycles. The molecule has 0 saturated carbocycles. The van der Waals surface area contributed by atoms with Crippen molar-refractivity contribution < 1.29 is 14.2 Å². The maximum Gasteiger partial charge on any atom is 0.147 e. The largest absolute Gasteiger partial charge is 0.505 e. The van der Waals surface area contributed by atoms with E-state index in [-0.39, 0.29) is 11.6 Å². The number of hydrogen-bond acceptors (Lipinski definition) is 6. The first kappa shape index (κ1) is 17.3. The molecule has 3 heterocycles. The molecule has 0 radical (unpaired) electrons. The summed E-state index contributed by atoms with van der Waals surface area (Å²) in [5, 5.41) is 11.8. The molecular formula is C19H20FN3O2S. The number of aryl methyl sites for hydroxylation is 2. The van der Waals surface area contributed by atoms with Crippen LogP contribution in [0.4, 0.5) is 4.39 Å². The summed E-state index contributed by atoms with van der Waals surface area (Å²) in [6.07, 6.45) is 1.66. The van der Waals surface area contributed by atoms with Gasteiger partial charge in [-0.3, -0.25) is 9.88 Å². The molecule has 5 nitrogen and oxygen atoms in total. The number of hydrogen-bond donors (Lipinski definition) is 1. The molecule has 0 amide bonds. The van der Waals surface area contributed by atoms with E-state index in [0.29, 0.717) is 43.1 Å². The van der Waals surface area contributed by atoms with Gasteiger partial charge in [0, 0.05) is 24.8 Å². The number of morpholine rings is 1. The van der Waals surface area contributed by atoms with Gasteiger partial charge in [-0.1, -0.05) is 6.07 Å². The molecule has 1 saturated heterocycles. The highest BCUT2D eigenvalue weighted by atomic mass is 32.1. The van der Waals surface area contributed by atoms with Crippen molar-refractivity contribution in [3.8, 4) is 5.75 Å². The molecule has 1 atom stereocenters. The van der Waals surface area contributed by atoms with E-state index in [2.05, 4.69) is 14.9 Å². The number of nitrogens with zero attached hydrogens (tertiary/aromatic N) is 3. The summed E-state index contributed by atoms with van der Waals surface area (Å²) < 4.78 is 21.1. The second-order valence-corrected chi connectivity index (χ2v) is 7.75. The van der Waals surface area contributed by atoms with E-state index in [1.54, 1.807) is 6.20 Å². The molecule has 1 aliphatic heterocycles. The number of benzene rings is 1. The van der Waals surface area contributed by atoms with Crippen molar-refractivity contribution in [1.82, 2.24) is 14.9 Å². The summed E-state index contributed by atoms with van der Waals surface area (Å²) in [6, 6.07) is 4.80. The van der Waals surface area contributed by atoms with Crippen LogP contribution in [0.5, 0.6) is 5.75 Å². The van der Waals surface area contributed by atoms with Crippen LogP contribution in [0, 0.1) is 19.7 Å². The van der Waals surface area contributed by atoms with Gasteiger partial charge in [-0.15, -0.1) is 11.3 Å². The molecule has 1 aliphatic rings. The number of rotatable bonds is 3. The molecule has 136 valence electrons. The van der Waals surface area contributed by atoms with Crippen LogP contribution >= 0.6 is 11.3 Å². The van der Waals surface area contributed by atoms with Crippen molar-refractivity contribution in [3.63, 3.8) is 0 Å². The van der Waals surface area contributed by atoms with Gasteiger partial charge in [0.2, 0.25) is 0 Å². The predicted molar refractivity (Wildman–Crippen MR) is 99.2 cm³/mol. The van der Waals surface area contributed by atoms with Gasteiger partial charge in [-0.25, -0.2) is 9.37 Å². The Balaban J connectivity index is 1.88. The van der Waals surface area contributed by atoms with Gasteiger partial charge in [0.05, 0.1) is 34.7 Å². The van der Waals surface area contributed by atoms with E-state index in [0.717, 1.165) is 15.3 Å². The maximum atomic E-state index is 14.8. The van der Waals surface area contributed by atoms with Crippen LogP contribution in [0.3, 0.4) is 0 Å². The van der Waals surface area contributed by atoms with E-state index >= 15 is 0 Å². The number of thiazole rings is 1. The van der Waals surface area contributed by atoms with Crippen LogP contribution in [0.2, 0.25) is 0 Å². The van der Waals surface area contributed by atoms with Crippen molar-refractivity contribution in [2.45, 2.75) is 19.9 Å². The van der Waals surface area contributed by atoms with Crippen LogP contribution < -0.4 is 0 Å². The fraction of sp³-hybridized carbons (Fsp3) is 0.368. The molecule has 1 fully saturated rings. The lowest BCUT2D eigenvalue weighted by Crippen LogP contribution is -2.40. The quantitative estimate of drug-likeness (QED) is 0.761. The zero-order chi connectivity index (χ0) is 18.3. The topological polar surface area (TPSA) is 58.5 Å². The normalized spacial score (nSPS) is 16.9. The Morgan fingerprint density at radius 2 is 2.04 bits per heavy atom. The van der Waals surface area contributed by atoms with E-state index in [4.69, 9.17) is 4.74 Å². The Kier molecular flexibility index (Phi) is 4.60. The number of aromatic nitrogens is 2. The number of ether oxygens (including phenoxy) is 1. The van der Waals surface area contributed by atoms with Crippen LogP contribution in [0.15, 0.2) is 24.4 Å². The maximum absolute atomic E-state index is 14.8. The lowest BCUT2D eigenvalue weighted by Gasteiger charge is -2.34. The number of phenols is 1. The summed E-state index contributed by atoms with van der Waals surface area (Å²) in [5.41, 5.74) is 2.27. The smallest absolute Gasteiger partial charge is 0.147 e. The fourth-order valence-corrected chi connectivity index (χ4v) is 4.26. The van der Waals surface area contributed by atoms with Crippen LogP contribution in [0.25, 0.3) is 10.2 Å². The fourth-order valence-electron chi connectivity index (χ4n) is 3.43. The van der Waals surface area contributed by atoms with Gasteiger partial charge in [-0.05, 0) is 31.5 Å². The molecule has 1 N–H and O–H groups in total. The van der Waals surface area contributed by atoms with E-state index in [1.807, 2.05) is 26.0 Å². The Labute approximate surface area is 155 Å². The first-order valence-corrected chi connectivity index (χ1v) is 9.39. The first-order valence-electron chi connectivity index (χ1n) is 8.57. The van der Waals surface area contributed by atoms with Crippen molar-refractivity contribution in [2.75, 3.05) is 26.3 Å². The third-order valence-electron chi connectivity index (χ3n) is 4.64. The highest BCUT2D eigenvalue weighted by molar-refractivity contribution is 7.18. The van der Waals surface area contributed by atoms with Gasteiger partial charge < -0.3 is 9.84 Å². The van der Waals surface area contributed by atoms with E-state index < -0.39 is 6.04 Å². The second kappa shape index (κ2) is 6.90. The minimum atomic E-state index is -0.481. The number of aromatic hydroxyl groups is 1. The minimum Gasteiger partial charge on any atom is -0.505 e. The monoisotopic (exact) mass is 373 g/mol. The molecule has 4 rings (SSSR count). The molecule has 0 spiro atoms. The average Bonchev–Trinajstić information content (AvgIpc) is 3.01. The summed E-state index contributed by atoms with van der Waals surface area (Å²) in [6.45, 7) is 6.15. The first-order chi connectivity index (χ1) is 12.5. The Bertz CT molecular complexity index is 953. The van der Waals surface area contributed by atoms with Crippen molar-refractivity contribution >= 4 is 21.6 Å².